The minimum atomic E-state index is 0.519. The third-order valence-electron chi connectivity index (χ3n) is 3.43. The van der Waals surface area contributed by atoms with Gasteiger partial charge in [-0.25, -0.2) is 0 Å². The summed E-state index contributed by atoms with van der Waals surface area (Å²) in [6.07, 6.45) is 9.34. The van der Waals surface area contributed by atoms with Crippen molar-refractivity contribution in [3.63, 3.8) is 0 Å². The smallest absolute Gasteiger partial charge is 0.0292 e. The quantitative estimate of drug-likeness (QED) is 0.357. The van der Waals surface area contributed by atoms with Gasteiger partial charge in [0.05, 0.1) is 0 Å². The minimum absolute atomic E-state index is 0.519. The number of benzene rings is 1. The van der Waals surface area contributed by atoms with Gasteiger partial charge in [0.1, 0.15) is 0 Å². The number of alkyl halides is 1. The molecule has 1 atom stereocenters. The van der Waals surface area contributed by atoms with Gasteiger partial charge in [-0.2, -0.15) is 0 Å². The van der Waals surface area contributed by atoms with Gasteiger partial charge in [0.25, 0.3) is 0 Å². The third kappa shape index (κ3) is 6.24. The normalized spacial score (nSPS) is 12.6. The average molecular weight is 332 g/mol. The van der Waals surface area contributed by atoms with Gasteiger partial charge in [-0.3, -0.25) is 0 Å². The van der Waals surface area contributed by atoms with E-state index < -0.39 is 0 Å². The van der Waals surface area contributed by atoms with E-state index in [-0.39, 0.29) is 0 Å². The molecule has 1 aromatic carbocycles. The zero-order valence-electron chi connectivity index (χ0n) is 11.3. The number of hydrogen-bond donors (Lipinski definition) is 0. The molecule has 0 aliphatic heterocycles. The molecular formula is C16H24BrCl. The molecule has 0 heterocycles. The van der Waals surface area contributed by atoms with Gasteiger partial charge in [0.2, 0.25) is 0 Å². The molecule has 1 unspecified atom stereocenters. The Morgan fingerprint density at radius 2 is 1.61 bits per heavy atom. The van der Waals surface area contributed by atoms with Crippen molar-refractivity contribution in [1.29, 1.82) is 0 Å². The van der Waals surface area contributed by atoms with Crippen molar-refractivity contribution >= 4 is 27.5 Å². The number of rotatable bonds is 9. The second kappa shape index (κ2) is 9.86. The Hall–Kier alpha value is -0.0100. The number of halogens is 2. The fourth-order valence-corrected chi connectivity index (χ4v) is 2.84. The number of unbranched alkanes of at least 4 members (excludes halogenated alkanes) is 5. The third-order valence-corrected chi connectivity index (χ3v) is 4.33. The van der Waals surface area contributed by atoms with Crippen LogP contribution in [0.2, 0.25) is 0 Å². The Morgan fingerprint density at radius 1 is 1.00 bits per heavy atom. The molecule has 18 heavy (non-hydrogen) atoms. The summed E-state index contributed by atoms with van der Waals surface area (Å²) < 4.78 is 1.14. The SMILES string of the molecule is CCCCCCCCC(CCl)c1ccc(Br)cc1. The maximum atomic E-state index is 6.09. The summed E-state index contributed by atoms with van der Waals surface area (Å²) in [5.41, 5.74) is 1.38. The summed E-state index contributed by atoms with van der Waals surface area (Å²) in [6, 6.07) is 8.59. The van der Waals surface area contributed by atoms with Crippen molar-refractivity contribution in [2.45, 2.75) is 57.8 Å². The van der Waals surface area contributed by atoms with Gasteiger partial charge in [0.15, 0.2) is 0 Å². The summed E-state index contributed by atoms with van der Waals surface area (Å²) in [6.45, 7) is 2.26. The topological polar surface area (TPSA) is 0 Å². The van der Waals surface area contributed by atoms with Gasteiger partial charge in [0, 0.05) is 10.4 Å². The molecule has 0 aliphatic carbocycles. The highest BCUT2D eigenvalue weighted by molar-refractivity contribution is 9.10. The minimum Gasteiger partial charge on any atom is -0.126 e. The lowest BCUT2D eigenvalue weighted by Gasteiger charge is -2.14. The van der Waals surface area contributed by atoms with E-state index in [1.54, 1.807) is 0 Å². The Labute approximate surface area is 125 Å². The molecule has 0 nitrogen and oxygen atoms in total. The number of hydrogen-bond acceptors (Lipinski definition) is 0. The molecule has 102 valence electrons. The lowest BCUT2D eigenvalue weighted by atomic mass is 9.94. The largest absolute Gasteiger partial charge is 0.126 e. The highest BCUT2D eigenvalue weighted by Gasteiger charge is 2.09. The molecular weight excluding hydrogens is 308 g/mol. The van der Waals surface area contributed by atoms with Crippen molar-refractivity contribution in [2.75, 3.05) is 5.88 Å². The molecule has 0 saturated heterocycles. The maximum absolute atomic E-state index is 6.09. The van der Waals surface area contributed by atoms with E-state index >= 15 is 0 Å². The second-order valence-electron chi connectivity index (χ2n) is 4.96. The lowest BCUT2D eigenvalue weighted by molar-refractivity contribution is 0.559. The molecule has 0 spiro atoms. The van der Waals surface area contributed by atoms with E-state index in [0.29, 0.717) is 5.92 Å². The molecule has 1 aromatic rings. The van der Waals surface area contributed by atoms with Crippen LogP contribution in [0.25, 0.3) is 0 Å². The van der Waals surface area contributed by atoms with Gasteiger partial charge in [-0.15, -0.1) is 11.6 Å². The first-order chi connectivity index (χ1) is 8.77. The van der Waals surface area contributed by atoms with Gasteiger partial charge >= 0.3 is 0 Å². The molecule has 0 fully saturated rings. The highest BCUT2D eigenvalue weighted by Crippen LogP contribution is 2.25. The van der Waals surface area contributed by atoms with Crippen LogP contribution < -0.4 is 0 Å². The van der Waals surface area contributed by atoms with E-state index in [9.17, 15) is 0 Å². The fourth-order valence-electron chi connectivity index (χ4n) is 2.24. The first kappa shape index (κ1) is 16.0. The first-order valence-corrected chi connectivity index (χ1v) is 8.42. The van der Waals surface area contributed by atoms with Gasteiger partial charge in [-0.05, 0) is 30.0 Å². The van der Waals surface area contributed by atoms with Crippen molar-refractivity contribution in [3.8, 4) is 0 Å². The zero-order valence-corrected chi connectivity index (χ0v) is 13.6. The zero-order chi connectivity index (χ0) is 13.2. The second-order valence-corrected chi connectivity index (χ2v) is 6.18. The Bertz CT molecular complexity index is 307. The molecule has 2 heteroatoms. The van der Waals surface area contributed by atoms with Crippen LogP contribution in [0, 0.1) is 0 Å². The maximum Gasteiger partial charge on any atom is 0.0292 e. The van der Waals surface area contributed by atoms with Crippen LogP contribution in [0.4, 0.5) is 0 Å². The molecule has 0 aromatic heterocycles. The van der Waals surface area contributed by atoms with Crippen LogP contribution in [0.1, 0.15) is 63.4 Å². The molecule has 1 rings (SSSR count). The van der Waals surface area contributed by atoms with Crippen LogP contribution in [-0.4, -0.2) is 5.88 Å². The van der Waals surface area contributed by atoms with Gasteiger partial charge in [-0.1, -0.05) is 73.5 Å². The van der Waals surface area contributed by atoms with Crippen molar-refractivity contribution in [1.82, 2.24) is 0 Å². The summed E-state index contributed by atoms with van der Waals surface area (Å²) in [4.78, 5) is 0. The van der Waals surface area contributed by atoms with Gasteiger partial charge < -0.3 is 0 Å². The standard InChI is InChI=1S/C16H24BrCl/c1-2-3-4-5-6-7-8-15(13-18)14-9-11-16(17)12-10-14/h9-12,15H,2-8,13H2,1H3. The molecule has 0 radical (unpaired) electrons. The van der Waals surface area contributed by atoms with Crippen LogP contribution in [-0.2, 0) is 0 Å². The summed E-state index contributed by atoms with van der Waals surface area (Å²) in [5.74, 6) is 1.25. The van der Waals surface area contributed by atoms with Crippen LogP contribution in [0.15, 0.2) is 28.7 Å². The molecule has 0 N–H and O–H groups in total. The van der Waals surface area contributed by atoms with E-state index in [2.05, 4.69) is 47.1 Å². The first-order valence-electron chi connectivity index (χ1n) is 7.09. The Kier molecular flexibility index (Phi) is 8.79. The van der Waals surface area contributed by atoms with Crippen LogP contribution in [0.5, 0.6) is 0 Å². The van der Waals surface area contributed by atoms with Crippen molar-refractivity contribution in [2.24, 2.45) is 0 Å². The van der Waals surface area contributed by atoms with Crippen LogP contribution >= 0.6 is 27.5 Å². The van der Waals surface area contributed by atoms with Crippen molar-refractivity contribution < 1.29 is 0 Å². The molecule has 0 bridgehead atoms. The highest BCUT2D eigenvalue weighted by atomic mass is 79.9. The lowest BCUT2D eigenvalue weighted by Crippen LogP contribution is -2.00. The Morgan fingerprint density at radius 3 is 2.22 bits per heavy atom. The van der Waals surface area contributed by atoms with E-state index in [1.165, 1.54) is 50.5 Å². The van der Waals surface area contributed by atoms with Crippen LogP contribution in [0.3, 0.4) is 0 Å². The van der Waals surface area contributed by atoms with E-state index in [1.807, 2.05) is 0 Å². The van der Waals surface area contributed by atoms with Crippen molar-refractivity contribution in [3.05, 3.63) is 34.3 Å². The average Bonchev–Trinajstić information content (AvgIpc) is 2.39. The molecule has 0 aliphatic rings. The predicted octanol–water partition coefficient (Wildman–Crippen LogP) is 6.52. The fraction of sp³-hybridized carbons (Fsp3) is 0.625. The monoisotopic (exact) mass is 330 g/mol. The molecule has 0 amide bonds. The summed E-state index contributed by atoms with van der Waals surface area (Å²) >= 11 is 9.56. The predicted molar refractivity (Wildman–Crippen MR) is 85.6 cm³/mol. The molecule has 0 saturated carbocycles. The van der Waals surface area contributed by atoms with E-state index in [0.717, 1.165) is 10.4 Å². The summed E-state index contributed by atoms with van der Waals surface area (Å²) in [5, 5.41) is 0. The Balaban J connectivity index is 2.27. The van der Waals surface area contributed by atoms with E-state index in [4.69, 9.17) is 11.6 Å². The summed E-state index contributed by atoms with van der Waals surface area (Å²) in [7, 11) is 0.